The summed E-state index contributed by atoms with van der Waals surface area (Å²) in [7, 11) is 0. The molecule has 0 aliphatic carbocycles. The minimum Gasteiger partial charge on any atom is -0.494 e. The standard InChI is InChI=1S/C27H26N4OS/c1-2-32-22-15-13-21(14-16-22)30-18-8-12-24(30)26-25(23-11-6-7-17-28-23)29-27(33)31(26)19-20-9-4-3-5-10-20/h3-18,25-26H,2,19H2,1H3,(H,29,33)/t25-,26-/m0/s1. The van der Waals surface area contributed by atoms with Gasteiger partial charge < -0.3 is 19.5 Å². The van der Waals surface area contributed by atoms with E-state index in [1.54, 1.807) is 0 Å². The summed E-state index contributed by atoms with van der Waals surface area (Å²) in [5.74, 6) is 0.871. The van der Waals surface area contributed by atoms with E-state index in [0.29, 0.717) is 6.61 Å². The average molecular weight is 455 g/mol. The van der Waals surface area contributed by atoms with Crippen molar-refractivity contribution < 1.29 is 4.74 Å². The smallest absolute Gasteiger partial charge is 0.170 e. The number of nitrogens with one attached hydrogen (secondary N) is 1. The maximum absolute atomic E-state index is 5.84. The fourth-order valence-corrected chi connectivity index (χ4v) is 4.72. The fraction of sp³-hybridized carbons (Fsp3) is 0.185. The largest absolute Gasteiger partial charge is 0.494 e. The van der Waals surface area contributed by atoms with Crippen LogP contribution in [0.1, 0.15) is 36.0 Å². The van der Waals surface area contributed by atoms with E-state index in [1.807, 2.05) is 43.5 Å². The monoisotopic (exact) mass is 454 g/mol. The van der Waals surface area contributed by atoms with Crippen LogP contribution in [0.2, 0.25) is 0 Å². The quantitative estimate of drug-likeness (QED) is 0.377. The Kier molecular flexibility index (Phi) is 6.09. The molecule has 0 spiro atoms. The molecule has 0 amide bonds. The van der Waals surface area contributed by atoms with Crippen molar-refractivity contribution in [1.82, 2.24) is 19.8 Å². The molecule has 1 aliphatic heterocycles. The molecule has 6 heteroatoms. The Balaban J connectivity index is 1.56. The normalized spacial score (nSPS) is 17.7. The summed E-state index contributed by atoms with van der Waals surface area (Å²) in [6, 6.07) is 28.9. The van der Waals surface area contributed by atoms with Crippen molar-refractivity contribution >= 4 is 17.3 Å². The summed E-state index contributed by atoms with van der Waals surface area (Å²) in [6.07, 6.45) is 3.94. The van der Waals surface area contributed by atoms with Gasteiger partial charge in [-0.1, -0.05) is 36.4 Å². The van der Waals surface area contributed by atoms with Crippen LogP contribution in [0.3, 0.4) is 0 Å². The lowest BCUT2D eigenvalue weighted by Gasteiger charge is -2.29. The molecule has 0 radical (unpaired) electrons. The number of nitrogens with zero attached hydrogens (tertiary/aromatic N) is 3. The second-order valence-electron chi connectivity index (χ2n) is 7.97. The van der Waals surface area contributed by atoms with E-state index in [-0.39, 0.29) is 12.1 Å². The molecule has 3 heterocycles. The predicted molar refractivity (Wildman–Crippen MR) is 134 cm³/mol. The van der Waals surface area contributed by atoms with Crippen LogP contribution < -0.4 is 10.1 Å². The lowest BCUT2D eigenvalue weighted by Crippen LogP contribution is -2.30. The van der Waals surface area contributed by atoms with Gasteiger partial charge in [0.1, 0.15) is 5.75 Å². The van der Waals surface area contributed by atoms with Crippen molar-refractivity contribution in [3.8, 4) is 11.4 Å². The van der Waals surface area contributed by atoms with Crippen molar-refractivity contribution in [3.05, 3.63) is 114 Å². The van der Waals surface area contributed by atoms with Gasteiger partial charge in [-0.15, -0.1) is 0 Å². The molecule has 0 unspecified atom stereocenters. The lowest BCUT2D eigenvalue weighted by atomic mass is 10.0. The Bertz CT molecular complexity index is 1210. The first-order valence-corrected chi connectivity index (χ1v) is 11.6. The zero-order valence-corrected chi connectivity index (χ0v) is 19.3. The van der Waals surface area contributed by atoms with Gasteiger partial charge in [-0.3, -0.25) is 4.98 Å². The highest BCUT2D eigenvalue weighted by Gasteiger charge is 2.41. The predicted octanol–water partition coefficient (Wildman–Crippen LogP) is 5.44. The van der Waals surface area contributed by atoms with Gasteiger partial charge in [0.25, 0.3) is 0 Å². The molecule has 1 aliphatic rings. The summed E-state index contributed by atoms with van der Waals surface area (Å²) in [5, 5.41) is 4.28. The average Bonchev–Trinajstić information content (AvgIpc) is 3.46. The van der Waals surface area contributed by atoms with Gasteiger partial charge in [0.15, 0.2) is 5.11 Å². The van der Waals surface area contributed by atoms with Gasteiger partial charge in [0.2, 0.25) is 0 Å². The first-order chi connectivity index (χ1) is 16.2. The highest BCUT2D eigenvalue weighted by atomic mass is 32.1. The zero-order valence-electron chi connectivity index (χ0n) is 18.5. The van der Waals surface area contributed by atoms with Crippen LogP contribution in [0.4, 0.5) is 0 Å². The number of hydrogen-bond acceptors (Lipinski definition) is 3. The van der Waals surface area contributed by atoms with Crippen LogP contribution in [-0.2, 0) is 6.54 Å². The number of benzene rings is 2. The number of pyridine rings is 1. The van der Waals surface area contributed by atoms with Crippen molar-refractivity contribution in [2.75, 3.05) is 6.61 Å². The van der Waals surface area contributed by atoms with Gasteiger partial charge in [-0.2, -0.15) is 0 Å². The molecule has 33 heavy (non-hydrogen) atoms. The molecule has 2 aromatic carbocycles. The van der Waals surface area contributed by atoms with Crippen LogP contribution in [0.25, 0.3) is 5.69 Å². The molecule has 2 aromatic heterocycles. The zero-order chi connectivity index (χ0) is 22.6. The molecule has 166 valence electrons. The molecule has 1 fully saturated rings. The number of thiocarbonyl (C=S) groups is 1. The van der Waals surface area contributed by atoms with Gasteiger partial charge >= 0.3 is 0 Å². The second kappa shape index (κ2) is 9.46. The summed E-state index contributed by atoms with van der Waals surface area (Å²) in [6.45, 7) is 3.36. The minimum absolute atomic E-state index is 0.0193. The molecule has 5 nitrogen and oxygen atoms in total. The van der Waals surface area contributed by atoms with E-state index in [1.165, 1.54) is 5.56 Å². The fourth-order valence-electron chi connectivity index (χ4n) is 4.42. The van der Waals surface area contributed by atoms with Crippen LogP contribution in [0.15, 0.2) is 97.3 Å². The molecule has 1 N–H and O–H groups in total. The first kappa shape index (κ1) is 21.2. The molecule has 1 saturated heterocycles. The molecule has 4 aromatic rings. The maximum atomic E-state index is 5.84. The van der Waals surface area contributed by atoms with Crippen LogP contribution >= 0.6 is 12.2 Å². The van der Waals surface area contributed by atoms with Crippen LogP contribution in [-0.4, -0.2) is 26.2 Å². The molecule has 2 atom stereocenters. The molecule has 0 bridgehead atoms. The summed E-state index contributed by atoms with van der Waals surface area (Å²) in [5.41, 5.74) is 4.42. The van der Waals surface area contributed by atoms with E-state index in [4.69, 9.17) is 17.0 Å². The molecular formula is C27H26N4OS. The van der Waals surface area contributed by atoms with E-state index in [9.17, 15) is 0 Å². The summed E-state index contributed by atoms with van der Waals surface area (Å²) in [4.78, 5) is 6.92. The van der Waals surface area contributed by atoms with E-state index >= 15 is 0 Å². The van der Waals surface area contributed by atoms with Gasteiger partial charge in [0, 0.05) is 30.3 Å². The highest BCUT2D eigenvalue weighted by Crippen LogP contribution is 2.40. The third-order valence-electron chi connectivity index (χ3n) is 5.90. The molecular weight excluding hydrogens is 428 g/mol. The van der Waals surface area contributed by atoms with Crippen molar-refractivity contribution in [2.45, 2.75) is 25.6 Å². The second-order valence-corrected chi connectivity index (χ2v) is 8.36. The maximum Gasteiger partial charge on any atom is 0.170 e. The third kappa shape index (κ3) is 4.34. The van der Waals surface area contributed by atoms with Gasteiger partial charge in [-0.25, -0.2) is 0 Å². The van der Waals surface area contributed by atoms with Crippen LogP contribution in [0.5, 0.6) is 5.75 Å². The first-order valence-electron chi connectivity index (χ1n) is 11.2. The minimum atomic E-state index is -0.0567. The lowest BCUT2D eigenvalue weighted by molar-refractivity contribution is 0.302. The number of hydrogen-bond donors (Lipinski definition) is 1. The van der Waals surface area contributed by atoms with E-state index in [2.05, 4.69) is 80.6 Å². The Morgan fingerprint density at radius 1 is 0.939 bits per heavy atom. The highest BCUT2D eigenvalue weighted by molar-refractivity contribution is 7.80. The number of rotatable bonds is 7. The van der Waals surface area contributed by atoms with E-state index in [0.717, 1.165) is 34.5 Å². The number of aromatic nitrogens is 2. The van der Waals surface area contributed by atoms with Gasteiger partial charge in [-0.05, 0) is 73.2 Å². The topological polar surface area (TPSA) is 42.3 Å². The summed E-state index contributed by atoms with van der Waals surface area (Å²) >= 11 is 5.84. The van der Waals surface area contributed by atoms with Crippen molar-refractivity contribution in [1.29, 1.82) is 0 Å². The summed E-state index contributed by atoms with van der Waals surface area (Å²) < 4.78 is 7.85. The van der Waals surface area contributed by atoms with Crippen molar-refractivity contribution in [3.63, 3.8) is 0 Å². The Morgan fingerprint density at radius 3 is 2.45 bits per heavy atom. The van der Waals surface area contributed by atoms with Crippen LogP contribution in [0, 0.1) is 0 Å². The van der Waals surface area contributed by atoms with Crippen molar-refractivity contribution in [2.24, 2.45) is 0 Å². The third-order valence-corrected chi connectivity index (χ3v) is 6.26. The Morgan fingerprint density at radius 2 is 1.73 bits per heavy atom. The Labute approximate surface area is 199 Å². The van der Waals surface area contributed by atoms with Gasteiger partial charge in [0.05, 0.1) is 24.4 Å². The number of ether oxygens (including phenoxy) is 1. The molecule has 0 saturated carbocycles. The van der Waals surface area contributed by atoms with E-state index < -0.39 is 0 Å². The SMILES string of the molecule is CCOc1ccc(-n2cccc2[C@H]2[C@H](c3ccccn3)NC(=S)N2Cc2ccccc2)cc1. The molecule has 5 rings (SSSR count). The Hall–Kier alpha value is -3.64.